The first-order valence-corrected chi connectivity index (χ1v) is 11.8. The molecular formula is C22H22ClNO3S. The number of sulfone groups is 1. The second-order valence-electron chi connectivity index (χ2n) is 7.34. The number of hydrogen-bond donors (Lipinski definition) is 0. The summed E-state index contributed by atoms with van der Waals surface area (Å²) >= 11 is 6.04. The third-order valence-corrected chi connectivity index (χ3v) is 6.65. The first kappa shape index (κ1) is 19.2. The summed E-state index contributed by atoms with van der Waals surface area (Å²) in [6, 6.07) is 14.3. The van der Waals surface area contributed by atoms with Gasteiger partial charge in [0.05, 0.1) is 4.90 Å². The molecule has 3 aromatic rings. The first-order valence-electron chi connectivity index (χ1n) is 9.49. The summed E-state index contributed by atoms with van der Waals surface area (Å²) in [6.45, 7) is 0. The predicted molar refractivity (Wildman–Crippen MR) is 111 cm³/mol. The maximum atomic E-state index is 12.3. The number of halogens is 1. The third-order valence-electron chi connectivity index (χ3n) is 5.25. The SMILES string of the molecule is CS(=O)(=O)c1ccccc1-c1oc(C2CCCCC2)nc1-c1ccc(Cl)cc1. The summed E-state index contributed by atoms with van der Waals surface area (Å²) in [5, 5.41) is 0.637. The zero-order valence-corrected chi connectivity index (χ0v) is 17.3. The molecule has 0 aliphatic heterocycles. The molecular weight excluding hydrogens is 394 g/mol. The van der Waals surface area contributed by atoms with Crippen molar-refractivity contribution in [1.29, 1.82) is 0 Å². The minimum atomic E-state index is -3.41. The Bertz CT molecular complexity index is 1080. The smallest absolute Gasteiger partial charge is 0.198 e. The highest BCUT2D eigenvalue weighted by Gasteiger charge is 2.27. The van der Waals surface area contributed by atoms with E-state index < -0.39 is 9.84 Å². The molecule has 4 nitrogen and oxygen atoms in total. The second-order valence-corrected chi connectivity index (χ2v) is 9.76. The summed E-state index contributed by atoms with van der Waals surface area (Å²) < 4.78 is 30.9. The summed E-state index contributed by atoms with van der Waals surface area (Å²) in [6.07, 6.45) is 6.88. The molecule has 0 N–H and O–H groups in total. The highest BCUT2D eigenvalue weighted by Crippen LogP contribution is 2.40. The summed E-state index contributed by atoms with van der Waals surface area (Å²) in [5.41, 5.74) is 2.06. The summed E-state index contributed by atoms with van der Waals surface area (Å²) in [7, 11) is -3.41. The van der Waals surface area contributed by atoms with Gasteiger partial charge in [-0.05, 0) is 37.1 Å². The van der Waals surface area contributed by atoms with Gasteiger partial charge in [-0.2, -0.15) is 0 Å². The van der Waals surface area contributed by atoms with Gasteiger partial charge in [0, 0.05) is 28.3 Å². The minimum Gasteiger partial charge on any atom is -0.440 e. The van der Waals surface area contributed by atoms with Gasteiger partial charge >= 0.3 is 0 Å². The Kier molecular flexibility index (Phi) is 5.30. The van der Waals surface area contributed by atoms with E-state index in [1.807, 2.05) is 18.2 Å². The Morgan fingerprint density at radius 1 is 1.00 bits per heavy atom. The lowest BCUT2D eigenvalue weighted by Crippen LogP contribution is -2.04. The Balaban J connectivity index is 1.91. The normalized spacial score (nSPS) is 15.6. The van der Waals surface area contributed by atoms with Crippen molar-refractivity contribution < 1.29 is 12.8 Å². The molecule has 0 saturated heterocycles. The molecule has 6 heteroatoms. The Morgan fingerprint density at radius 2 is 1.68 bits per heavy atom. The molecule has 1 heterocycles. The van der Waals surface area contributed by atoms with Crippen LogP contribution in [0.2, 0.25) is 5.02 Å². The number of hydrogen-bond acceptors (Lipinski definition) is 4. The molecule has 0 amide bonds. The van der Waals surface area contributed by atoms with E-state index in [-0.39, 0.29) is 10.8 Å². The van der Waals surface area contributed by atoms with Crippen molar-refractivity contribution >= 4 is 21.4 Å². The van der Waals surface area contributed by atoms with Crippen LogP contribution in [0.3, 0.4) is 0 Å². The van der Waals surface area contributed by atoms with Crippen molar-refractivity contribution in [3.05, 3.63) is 59.4 Å². The van der Waals surface area contributed by atoms with E-state index in [0.29, 0.717) is 27.9 Å². The fourth-order valence-corrected chi connectivity index (χ4v) is 4.84. The molecule has 0 spiro atoms. The fourth-order valence-electron chi connectivity index (χ4n) is 3.82. The van der Waals surface area contributed by atoms with Gasteiger partial charge in [0.2, 0.25) is 0 Å². The lowest BCUT2D eigenvalue weighted by Gasteiger charge is -2.18. The standard InChI is InChI=1S/C22H22ClNO3S/c1-28(25,26)19-10-6-5-9-18(19)21-20(15-11-13-17(23)14-12-15)24-22(27-21)16-7-3-2-4-8-16/h5-6,9-14,16H,2-4,7-8H2,1H3. The fraction of sp³-hybridized carbons (Fsp3) is 0.318. The number of nitrogens with zero attached hydrogens (tertiary/aromatic N) is 1. The second kappa shape index (κ2) is 7.72. The maximum absolute atomic E-state index is 12.3. The van der Waals surface area contributed by atoms with E-state index in [4.69, 9.17) is 21.0 Å². The van der Waals surface area contributed by atoms with Crippen LogP contribution in [0.1, 0.15) is 43.9 Å². The Morgan fingerprint density at radius 3 is 2.36 bits per heavy atom. The monoisotopic (exact) mass is 415 g/mol. The Hall–Kier alpha value is -2.11. The van der Waals surface area contributed by atoms with E-state index in [1.54, 1.807) is 30.3 Å². The quantitative estimate of drug-likeness (QED) is 0.515. The zero-order chi connectivity index (χ0) is 19.7. The van der Waals surface area contributed by atoms with Crippen molar-refractivity contribution in [2.75, 3.05) is 6.26 Å². The van der Waals surface area contributed by atoms with Crippen LogP contribution < -0.4 is 0 Å². The highest BCUT2D eigenvalue weighted by molar-refractivity contribution is 7.90. The average molecular weight is 416 g/mol. The molecule has 1 fully saturated rings. The van der Waals surface area contributed by atoms with Crippen molar-refractivity contribution in [3.63, 3.8) is 0 Å². The van der Waals surface area contributed by atoms with Crippen molar-refractivity contribution in [1.82, 2.24) is 4.98 Å². The van der Waals surface area contributed by atoms with Gasteiger partial charge in [0.25, 0.3) is 0 Å². The molecule has 1 aromatic heterocycles. The van der Waals surface area contributed by atoms with Crippen LogP contribution in [0.5, 0.6) is 0 Å². The largest absolute Gasteiger partial charge is 0.440 e. The molecule has 0 bridgehead atoms. The molecule has 28 heavy (non-hydrogen) atoms. The Labute approximate surface area is 170 Å². The molecule has 0 radical (unpaired) electrons. The predicted octanol–water partition coefficient (Wildman–Crippen LogP) is 6.11. The molecule has 1 aliphatic rings. The van der Waals surface area contributed by atoms with Crippen molar-refractivity contribution in [3.8, 4) is 22.6 Å². The van der Waals surface area contributed by atoms with E-state index in [2.05, 4.69) is 0 Å². The number of rotatable bonds is 4. The molecule has 0 unspecified atom stereocenters. The molecule has 0 atom stereocenters. The van der Waals surface area contributed by atoms with Gasteiger partial charge in [-0.1, -0.05) is 55.1 Å². The van der Waals surface area contributed by atoms with Crippen LogP contribution in [-0.2, 0) is 9.84 Å². The van der Waals surface area contributed by atoms with Crippen LogP contribution in [0.4, 0.5) is 0 Å². The summed E-state index contributed by atoms with van der Waals surface area (Å²) in [4.78, 5) is 5.08. The van der Waals surface area contributed by atoms with Gasteiger partial charge in [-0.15, -0.1) is 0 Å². The highest BCUT2D eigenvalue weighted by atomic mass is 35.5. The topological polar surface area (TPSA) is 60.2 Å². The van der Waals surface area contributed by atoms with Gasteiger partial charge in [-0.25, -0.2) is 13.4 Å². The van der Waals surface area contributed by atoms with E-state index in [1.165, 1.54) is 25.5 Å². The van der Waals surface area contributed by atoms with Gasteiger partial charge in [0.15, 0.2) is 21.5 Å². The molecule has 146 valence electrons. The van der Waals surface area contributed by atoms with Gasteiger partial charge < -0.3 is 4.42 Å². The average Bonchev–Trinajstić information content (AvgIpc) is 3.14. The van der Waals surface area contributed by atoms with E-state index >= 15 is 0 Å². The summed E-state index contributed by atoms with van der Waals surface area (Å²) in [5.74, 6) is 1.48. The van der Waals surface area contributed by atoms with Crippen LogP contribution >= 0.6 is 11.6 Å². The molecule has 1 aliphatic carbocycles. The third kappa shape index (κ3) is 3.87. The van der Waals surface area contributed by atoms with Crippen LogP contribution in [0, 0.1) is 0 Å². The minimum absolute atomic E-state index is 0.247. The lowest BCUT2D eigenvalue weighted by molar-refractivity contribution is 0.367. The van der Waals surface area contributed by atoms with Crippen LogP contribution in [0.25, 0.3) is 22.6 Å². The van der Waals surface area contributed by atoms with Gasteiger partial charge in [-0.3, -0.25) is 0 Å². The maximum Gasteiger partial charge on any atom is 0.198 e. The molecule has 1 saturated carbocycles. The van der Waals surface area contributed by atoms with Gasteiger partial charge in [0.1, 0.15) is 5.69 Å². The number of aromatic nitrogens is 1. The number of oxazole rings is 1. The molecule has 4 rings (SSSR count). The lowest BCUT2D eigenvalue weighted by atomic mass is 9.89. The van der Waals surface area contributed by atoms with E-state index in [9.17, 15) is 8.42 Å². The number of benzene rings is 2. The van der Waals surface area contributed by atoms with Crippen LogP contribution in [0.15, 0.2) is 57.8 Å². The first-order chi connectivity index (χ1) is 13.4. The van der Waals surface area contributed by atoms with E-state index in [0.717, 1.165) is 18.4 Å². The van der Waals surface area contributed by atoms with Crippen LogP contribution in [-0.4, -0.2) is 19.7 Å². The zero-order valence-electron chi connectivity index (χ0n) is 15.7. The van der Waals surface area contributed by atoms with Crippen molar-refractivity contribution in [2.24, 2.45) is 0 Å². The molecule has 2 aromatic carbocycles. The van der Waals surface area contributed by atoms with Crippen molar-refractivity contribution in [2.45, 2.75) is 42.9 Å².